The number of halogens is 3. The highest BCUT2D eigenvalue weighted by atomic mass is 32.2. The summed E-state index contributed by atoms with van der Waals surface area (Å²) in [5, 5.41) is 0. The van der Waals surface area contributed by atoms with E-state index >= 15 is 0 Å². The summed E-state index contributed by atoms with van der Waals surface area (Å²) in [5.41, 5.74) is -5.19. The molecule has 20 heavy (non-hydrogen) atoms. The molecule has 0 spiro atoms. The van der Waals surface area contributed by atoms with Crippen LogP contribution in [0.1, 0.15) is 36.2 Å². The minimum Gasteiger partial charge on any atom is -0.376 e. The van der Waals surface area contributed by atoms with Crippen LogP contribution in [0.15, 0.2) is 18.2 Å². The first-order valence-corrected chi connectivity index (χ1v) is 7.03. The molecule has 1 aliphatic carbocycles. The maximum Gasteiger partial charge on any atom is 0.534 e. The van der Waals surface area contributed by atoms with E-state index in [1.807, 2.05) is 0 Å². The molecule has 1 aliphatic rings. The number of alkyl halides is 3. The first kappa shape index (κ1) is 14.8. The Hall–Kier alpha value is -1.57. The van der Waals surface area contributed by atoms with Gasteiger partial charge in [-0.05, 0) is 29.2 Å². The highest BCUT2D eigenvalue weighted by Gasteiger charge is 2.48. The molecule has 0 heterocycles. The van der Waals surface area contributed by atoms with Gasteiger partial charge in [-0.3, -0.25) is 4.79 Å². The van der Waals surface area contributed by atoms with Gasteiger partial charge < -0.3 is 4.18 Å². The van der Waals surface area contributed by atoms with Crippen molar-refractivity contribution in [2.45, 2.75) is 31.2 Å². The molecule has 0 bridgehead atoms. The molecule has 2 rings (SSSR count). The van der Waals surface area contributed by atoms with Crippen LogP contribution in [-0.2, 0) is 15.5 Å². The molecule has 0 saturated heterocycles. The van der Waals surface area contributed by atoms with Crippen LogP contribution in [0.2, 0.25) is 0 Å². The topological polar surface area (TPSA) is 60.4 Å². The van der Waals surface area contributed by atoms with E-state index in [-0.39, 0.29) is 12.2 Å². The Bertz CT molecular complexity index is 674. The van der Waals surface area contributed by atoms with Crippen LogP contribution in [-0.4, -0.2) is 19.7 Å². The van der Waals surface area contributed by atoms with Crippen LogP contribution >= 0.6 is 0 Å². The van der Waals surface area contributed by atoms with Crippen molar-refractivity contribution in [2.75, 3.05) is 0 Å². The summed E-state index contributed by atoms with van der Waals surface area (Å²) in [6.45, 7) is 3.50. The molecular weight excluding hydrogens is 297 g/mol. The van der Waals surface area contributed by atoms with Crippen LogP contribution in [0.5, 0.6) is 5.75 Å². The molecule has 0 N–H and O–H groups in total. The van der Waals surface area contributed by atoms with E-state index in [0.717, 1.165) is 6.07 Å². The maximum atomic E-state index is 12.2. The number of rotatable bonds is 2. The summed E-state index contributed by atoms with van der Waals surface area (Å²) in [5.74, 6) is -0.584. The van der Waals surface area contributed by atoms with Crippen molar-refractivity contribution in [3.05, 3.63) is 29.3 Å². The van der Waals surface area contributed by atoms with Gasteiger partial charge in [0.25, 0.3) is 0 Å². The van der Waals surface area contributed by atoms with Crippen molar-refractivity contribution < 1.29 is 30.6 Å². The molecule has 1 aromatic carbocycles. The van der Waals surface area contributed by atoms with Crippen molar-refractivity contribution in [2.24, 2.45) is 0 Å². The summed E-state index contributed by atoms with van der Waals surface area (Å²) in [4.78, 5) is 11.7. The molecule has 0 amide bonds. The second-order valence-electron chi connectivity index (χ2n) is 5.17. The Morgan fingerprint density at radius 3 is 2.40 bits per heavy atom. The monoisotopic (exact) mass is 308 g/mol. The SMILES string of the molecule is CC1(C)CC(=O)c2ccc(OS(=O)(=O)C(F)(F)F)cc21. The molecule has 4 nitrogen and oxygen atoms in total. The minimum atomic E-state index is -5.70. The molecule has 0 fully saturated rings. The van der Waals surface area contributed by atoms with Gasteiger partial charge in [0, 0.05) is 12.0 Å². The smallest absolute Gasteiger partial charge is 0.376 e. The number of carbonyl (C=O) groups is 1. The lowest BCUT2D eigenvalue weighted by atomic mass is 9.86. The number of Topliss-reactive ketones (excluding diaryl/α,β-unsaturated/α-hetero) is 1. The second-order valence-corrected chi connectivity index (χ2v) is 6.71. The van der Waals surface area contributed by atoms with E-state index in [4.69, 9.17) is 0 Å². The highest BCUT2D eigenvalue weighted by molar-refractivity contribution is 7.88. The van der Waals surface area contributed by atoms with E-state index in [2.05, 4.69) is 4.18 Å². The Morgan fingerprint density at radius 2 is 1.85 bits per heavy atom. The average Bonchev–Trinajstić information content (AvgIpc) is 2.47. The summed E-state index contributed by atoms with van der Waals surface area (Å²) in [6.07, 6.45) is 0.220. The largest absolute Gasteiger partial charge is 0.534 e. The summed E-state index contributed by atoms with van der Waals surface area (Å²) in [7, 11) is -5.70. The van der Waals surface area contributed by atoms with Crippen LogP contribution in [0.3, 0.4) is 0 Å². The van der Waals surface area contributed by atoms with Gasteiger partial charge in [0.05, 0.1) is 0 Å². The summed E-state index contributed by atoms with van der Waals surface area (Å²) < 4.78 is 62.6. The Labute approximate surface area is 113 Å². The van der Waals surface area contributed by atoms with Crippen LogP contribution in [0.4, 0.5) is 13.2 Å². The van der Waals surface area contributed by atoms with E-state index in [1.54, 1.807) is 13.8 Å². The van der Waals surface area contributed by atoms with Gasteiger partial charge in [-0.25, -0.2) is 0 Å². The molecule has 0 aliphatic heterocycles. The molecule has 0 aromatic heterocycles. The molecule has 1 aromatic rings. The van der Waals surface area contributed by atoms with Gasteiger partial charge in [-0.15, -0.1) is 0 Å². The zero-order chi connectivity index (χ0) is 15.3. The van der Waals surface area contributed by atoms with Gasteiger partial charge in [-0.2, -0.15) is 21.6 Å². The molecule has 0 unspecified atom stereocenters. The fourth-order valence-corrected chi connectivity index (χ4v) is 2.60. The first-order chi connectivity index (χ1) is 8.94. The van der Waals surface area contributed by atoms with Crippen LogP contribution < -0.4 is 4.18 Å². The number of hydrogen-bond donors (Lipinski definition) is 0. The van der Waals surface area contributed by atoms with Crippen molar-refractivity contribution in [3.63, 3.8) is 0 Å². The third-order valence-electron chi connectivity index (χ3n) is 3.11. The Morgan fingerprint density at radius 1 is 1.25 bits per heavy atom. The predicted octanol–water partition coefficient (Wildman–Crippen LogP) is 2.78. The second kappa shape index (κ2) is 4.21. The first-order valence-electron chi connectivity index (χ1n) is 5.62. The summed E-state index contributed by atoms with van der Waals surface area (Å²) >= 11 is 0. The Balaban J connectivity index is 2.42. The highest BCUT2D eigenvalue weighted by Crippen LogP contribution is 2.40. The fourth-order valence-electron chi connectivity index (χ4n) is 2.14. The Kier molecular flexibility index (Phi) is 3.12. The zero-order valence-corrected chi connectivity index (χ0v) is 11.4. The third kappa shape index (κ3) is 2.39. The van der Waals surface area contributed by atoms with Crippen molar-refractivity contribution in [1.29, 1.82) is 0 Å². The molecular formula is C12H11F3O4S. The third-order valence-corrected chi connectivity index (χ3v) is 4.09. The van der Waals surface area contributed by atoms with Gasteiger partial charge in [0.15, 0.2) is 5.78 Å². The molecule has 0 atom stereocenters. The van der Waals surface area contributed by atoms with Gasteiger partial charge in [0.2, 0.25) is 0 Å². The predicted molar refractivity (Wildman–Crippen MR) is 64.0 cm³/mol. The normalized spacial score (nSPS) is 17.9. The lowest BCUT2D eigenvalue weighted by Gasteiger charge is -2.18. The number of benzene rings is 1. The van der Waals surface area contributed by atoms with Gasteiger partial charge >= 0.3 is 15.6 Å². The van der Waals surface area contributed by atoms with E-state index in [9.17, 15) is 26.4 Å². The van der Waals surface area contributed by atoms with E-state index < -0.39 is 26.8 Å². The van der Waals surface area contributed by atoms with Gasteiger partial charge in [-0.1, -0.05) is 13.8 Å². The molecule has 0 saturated carbocycles. The van der Waals surface area contributed by atoms with Crippen molar-refractivity contribution >= 4 is 15.9 Å². The van der Waals surface area contributed by atoms with E-state index in [1.165, 1.54) is 12.1 Å². The van der Waals surface area contributed by atoms with Crippen molar-refractivity contribution in [1.82, 2.24) is 0 Å². The van der Waals surface area contributed by atoms with Crippen molar-refractivity contribution in [3.8, 4) is 5.75 Å². The van der Waals surface area contributed by atoms with E-state index in [0.29, 0.717) is 11.1 Å². The number of fused-ring (bicyclic) bond motifs is 1. The fraction of sp³-hybridized carbons (Fsp3) is 0.417. The lowest BCUT2D eigenvalue weighted by Crippen LogP contribution is -2.28. The molecule has 110 valence electrons. The number of carbonyl (C=O) groups excluding carboxylic acids is 1. The quantitative estimate of drug-likeness (QED) is 0.622. The summed E-state index contributed by atoms with van der Waals surface area (Å²) in [6, 6.07) is 3.50. The maximum absolute atomic E-state index is 12.2. The lowest BCUT2D eigenvalue weighted by molar-refractivity contribution is -0.0500. The van der Waals surface area contributed by atoms with Gasteiger partial charge in [0.1, 0.15) is 5.75 Å². The van der Waals surface area contributed by atoms with Crippen LogP contribution in [0, 0.1) is 0 Å². The zero-order valence-electron chi connectivity index (χ0n) is 10.6. The average molecular weight is 308 g/mol. The molecule has 8 heteroatoms. The number of hydrogen-bond acceptors (Lipinski definition) is 4. The minimum absolute atomic E-state index is 0.129. The standard InChI is InChI=1S/C12H11F3O4S/c1-11(2)6-10(16)8-4-3-7(5-9(8)11)19-20(17,18)12(13,14)15/h3-5H,6H2,1-2H3. The van der Waals surface area contributed by atoms with Crippen LogP contribution in [0.25, 0.3) is 0 Å². The number of ketones is 1. The molecule has 0 radical (unpaired) electrons.